The molecule has 0 aliphatic carbocycles. The molecule has 1 aromatic rings. The first-order valence-electron chi connectivity index (χ1n) is 7.27. The minimum atomic E-state index is 0.163. The average molecular weight is 283 g/mol. The summed E-state index contributed by atoms with van der Waals surface area (Å²) < 4.78 is 0. The maximum Gasteiger partial charge on any atom is 0.0558 e. The molecule has 0 amide bonds. The number of piperidine rings is 1. The lowest BCUT2D eigenvalue weighted by Crippen LogP contribution is -2.25. The molecule has 0 spiro atoms. The monoisotopic (exact) mass is 283 g/mol. The predicted molar refractivity (Wildman–Crippen MR) is 82.6 cm³/mol. The van der Waals surface area contributed by atoms with E-state index in [1.807, 2.05) is 30.1 Å². The Morgan fingerprint density at radius 3 is 1.70 bits per heavy atom. The van der Waals surface area contributed by atoms with Crippen LogP contribution in [0.2, 0.25) is 0 Å². The highest BCUT2D eigenvalue weighted by molar-refractivity contribution is 4.88. The summed E-state index contributed by atoms with van der Waals surface area (Å²) >= 11 is 0. The van der Waals surface area contributed by atoms with Gasteiger partial charge in [0.25, 0.3) is 0 Å². The second kappa shape index (κ2) is 16.0. The zero-order chi connectivity index (χ0) is 14.9. The molecule has 0 atom stereocenters. The highest BCUT2D eigenvalue weighted by atomic mass is 16.3. The number of likely N-dealkylation sites (N-methyl/N-ethyl adjacent to an activating group) is 1. The minimum absolute atomic E-state index is 0.163. The van der Waals surface area contributed by atoms with Gasteiger partial charge in [0.2, 0.25) is 0 Å². The molecule has 3 N–H and O–H groups in total. The fourth-order valence-electron chi connectivity index (χ4n) is 1.57. The van der Waals surface area contributed by atoms with Crippen molar-refractivity contribution in [3.8, 4) is 0 Å². The van der Waals surface area contributed by atoms with Gasteiger partial charge in [-0.15, -0.1) is 0 Å². The molecular weight excluding hydrogens is 254 g/mol. The van der Waals surface area contributed by atoms with Crippen LogP contribution < -0.4 is 5.32 Å². The van der Waals surface area contributed by atoms with E-state index in [0.29, 0.717) is 13.1 Å². The van der Waals surface area contributed by atoms with Crippen LogP contribution in [0.1, 0.15) is 19.3 Å². The second-order valence-electron chi connectivity index (χ2n) is 4.59. The number of pyridine rings is 1. The zero-order valence-corrected chi connectivity index (χ0v) is 12.5. The van der Waals surface area contributed by atoms with Crippen molar-refractivity contribution in [3.63, 3.8) is 0 Å². The second-order valence-corrected chi connectivity index (χ2v) is 4.59. The van der Waals surface area contributed by atoms with Crippen LogP contribution in [0, 0.1) is 0 Å². The summed E-state index contributed by atoms with van der Waals surface area (Å²) in [7, 11) is 1.85. The molecule has 116 valence electrons. The fourth-order valence-corrected chi connectivity index (χ4v) is 1.57. The zero-order valence-electron chi connectivity index (χ0n) is 12.5. The molecule has 0 saturated carbocycles. The number of hydrogen-bond donors (Lipinski definition) is 3. The number of aromatic nitrogens is 1. The molecule has 0 radical (unpaired) electrons. The Kier molecular flexibility index (Phi) is 15.2. The van der Waals surface area contributed by atoms with E-state index in [1.54, 1.807) is 12.4 Å². The summed E-state index contributed by atoms with van der Waals surface area (Å²) in [6, 6.07) is 5.72. The summed E-state index contributed by atoms with van der Waals surface area (Å²) in [6.45, 7) is 4.11. The van der Waals surface area contributed by atoms with Gasteiger partial charge in [0.1, 0.15) is 0 Å². The smallest absolute Gasteiger partial charge is 0.0558 e. The first-order valence-corrected chi connectivity index (χ1v) is 7.27. The highest BCUT2D eigenvalue weighted by Gasteiger charge is 1.93. The quantitative estimate of drug-likeness (QED) is 0.760. The first kappa shape index (κ1) is 19.0. The molecule has 1 aliphatic rings. The minimum Gasteiger partial charge on any atom is -0.395 e. The van der Waals surface area contributed by atoms with Crippen LogP contribution in [0.5, 0.6) is 0 Å². The first-order chi connectivity index (χ1) is 9.81. The van der Waals surface area contributed by atoms with Gasteiger partial charge in [-0.3, -0.25) is 4.98 Å². The highest BCUT2D eigenvalue weighted by Crippen LogP contribution is 1.96. The van der Waals surface area contributed by atoms with Crippen molar-refractivity contribution in [2.45, 2.75) is 19.3 Å². The molecule has 0 bridgehead atoms. The van der Waals surface area contributed by atoms with Crippen LogP contribution in [-0.4, -0.2) is 66.5 Å². The molecule has 2 rings (SSSR count). The van der Waals surface area contributed by atoms with Crippen LogP contribution >= 0.6 is 0 Å². The standard InChI is InChI=1S/C5H13NO2.C5H11N.C5H5N/c1-6(2-4-7)3-5-8;2*1-2-4-6-5-3-1/h7-8H,2-5H2,1H3;6H,1-5H2;1-5H. The molecule has 2 heterocycles. The van der Waals surface area contributed by atoms with E-state index < -0.39 is 0 Å². The van der Waals surface area contributed by atoms with Crippen LogP contribution in [0.4, 0.5) is 0 Å². The predicted octanol–water partition coefficient (Wildman–Crippen LogP) is 0.744. The third-order valence-corrected chi connectivity index (χ3v) is 2.74. The number of nitrogens with one attached hydrogen (secondary N) is 1. The third kappa shape index (κ3) is 15.0. The van der Waals surface area contributed by atoms with E-state index >= 15 is 0 Å². The van der Waals surface area contributed by atoms with Gasteiger partial charge >= 0.3 is 0 Å². The van der Waals surface area contributed by atoms with E-state index in [1.165, 1.54) is 32.4 Å². The number of nitrogens with zero attached hydrogens (tertiary/aromatic N) is 2. The lowest BCUT2D eigenvalue weighted by Gasteiger charge is -2.11. The summed E-state index contributed by atoms with van der Waals surface area (Å²) in [5.74, 6) is 0. The van der Waals surface area contributed by atoms with Gasteiger partial charge in [0, 0.05) is 25.5 Å². The SMILES string of the molecule is C1CCNCC1.CN(CCO)CCO.c1ccncc1. The fraction of sp³-hybridized carbons (Fsp3) is 0.667. The summed E-state index contributed by atoms with van der Waals surface area (Å²) in [5.41, 5.74) is 0. The number of rotatable bonds is 4. The van der Waals surface area contributed by atoms with Crippen molar-refractivity contribution in [2.75, 3.05) is 46.4 Å². The molecular formula is C15H29N3O2. The van der Waals surface area contributed by atoms with Crippen molar-refractivity contribution in [1.82, 2.24) is 15.2 Å². The largest absolute Gasteiger partial charge is 0.395 e. The van der Waals surface area contributed by atoms with Gasteiger partial charge in [0.15, 0.2) is 0 Å². The molecule has 1 saturated heterocycles. The normalized spacial score (nSPS) is 13.8. The lowest BCUT2D eigenvalue weighted by atomic mass is 10.2. The van der Waals surface area contributed by atoms with Gasteiger partial charge in [-0.1, -0.05) is 12.5 Å². The Hall–Kier alpha value is -1.01. The molecule has 5 heteroatoms. The summed E-state index contributed by atoms with van der Waals surface area (Å²) in [4.78, 5) is 5.65. The Labute approximate surface area is 122 Å². The Morgan fingerprint density at radius 1 is 0.950 bits per heavy atom. The number of aliphatic hydroxyl groups is 2. The molecule has 1 aliphatic heterocycles. The van der Waals surface area contributed by atoms with Gasteiger partial charge in [0.05, 0.1) is 13.2 Å². The van der Waals surface area contributed by atoms with Gasteiger partial charge < -0.3 is 20.4 Å². The maximum absolute atomic E-state index is 8.34. The Morgan fingerprint density at radius 2 is 1.50 bits per heavy atom. The molecule has 0 aromatic carbocycles. The number of aliphatic hydroxyl groups excluding tert-OH is 2. The molecule has 1 fully saturated rings. The summed E-state index contributed by atoms with van der Waals surface area (Å²) in [6.07, 6.45) is 7.72. The van der Waals surface area contributed by atoms with E-state index in [0.717, 1.165) is 0 Å². The van der Waals surface area contributed by atoms with Crippen molar-refractivity contribution in [3.05, 3.63) is 30.6 Å². The van der Waals surface area contributed by atoms with E-state index in [-0.39, 0.29) is 13.2 Å². The van der Waals surface area contributed by atoms with Crippen molar-refractivity contribution in [1.29, 1.82) is 0 Å². The lowest BCUT2D eigenvalue weighted by molar-refractivity contribution is 0.184. The topological polar surface area (TPSA) is 68.6 Å². The summed E-state index contributed by atoms with van der Waals surface area (Å²) in [5, 5.41) is 20.0. The molecule has 1 aromatic heterocycles. The van der Waals surface area contributed by atoms with Crippen LogP contribution in [0.25, 0.3) is 0 Å². The Bertz CT molecular complexity index is 225. The van der Waals surface area contributed by atoms with E-state index in [9.17, 15) is 0 Å². The van der Waals surface area contributed by atoms with E-state index in [4.69, 9.17) is 10.2 Å². The van der Waals surface area contributed by atoms with Crippen LogP contribution in [0.3, 0.4) is 0 Å². The average Bonchev–Trinajstić information content (AvgIpc) is 2.52. The Balaban J connectivity index is 0.000000274. The molecule has 0 unspecified atom stereocenters. The van der Waals surface area contributed by atoms with Crippen LogP contribution in [0.15, 0.2) is 30.6 Å². The van der Waals surface area contributed by atoms with Gasteiger partial charge in [-0.2, -0.15) is 0 Å². The number of hydrogen-bond acceptors (Lipinski definition) is 5. The van der Waals surface area contributed by atoms with Crippen LogP contribution in [-0.2, 0) is 0 Å². The van der Waals surface area contributed by atoms with Crippen molar-refractivity contribution < 1.29 is 10.2 Å². The maximum atomic E-state index is 8.34. The van der Waals surface area contributed by atoms with Gasteiger partial charge in [-0.25, -0.2) is 0 Å². The molecule has 20 heavy (non-hydrogen) atoms. The van der Waals surface area contributed by atoms with E-state index in [2.05, 4.69) is 10.3 Å². The molecule has 5 nitrogen and oxygen atoms in total. The third-order valence-electron chi connectivity index (χ3n) is 2.74. The van der Waals surface area contributed by atoms with Crippen molar-refractivity contribution in [2.24, 2.45) is 0 Å². The van der Waals surface area contributed by atoms with Crippen molar-refractivity contribution >= 4 is 0 Å². The van der Waals surface area contributed by atoms with Gasteiger partial charge in [-0.05, 0) is 45.1 Å².